The minimum atomic E-state index is -0.277. The number of nitrogens with one attached hydrogen (secondary N) is 2. The van der Waals surface area contributed by atoms with E-state index in [1.54, 1.807) is 6.07 Å². The van der Waals surface area contributed by atoms with Crippen LogP contribution in [0.5, 0.6) is 0 Å². The molecule has 0 aliphatic carbocycles. The zero-order chi connectivity index (χ0) is 14.8. The summed E-state index contributed by atoms with van der Waals surface area (Å²) in [6.45, 7) is 2.02. The Morgan fingerprint density at radius 2 is 2.19 bits per heavy atom. The van der Waals surface area contributed by atoms with E-state index in [0.717, 1.165) is 15.8 Å². The van der Waals surface area contributed by atoms with Gasteiger partial charge in [-0.25, -0.2) is 4.98 Å². The Bertz CT molecular complexity index is 814. The van der Waals surface area contributed by atoms with Crippen LogP contribution in [0.1, 0.15) is 15.9 Å². The Balaban J connectivity index is 1.89. The summed E-state index contributed by atoms with van der Waals surface area (Å²) in [6.07, 6.45) is 3.04. The molecule has 4 N–H and O–H groups in total. The lowest BCUT2D eigenvalue weighted by Crippen LogP contribution is -2.17. The summed E-state index contributed by atoms with van der Waals surface area (Å²) in [5.41, 5.74) is 5.37. The van der Waals surface area contributed by atoms with Crippen molar-refractivity contribution in [3.05, 3.63) is 47.8 Å². The number of nitrogen functional groups attached to an aromatic ring is 1. The van der Waals surface area contributed by atoms with Crippen LogP contribution in [-0.2, 0) is 0 Å². The Labute approximate surface area is 125 Å². The second-order valence-corrected chi connectivity index (χ2v) is 5.54. The van der Waals surface area contributed by atoms with Gasteiger partial charge in [0.2, 0.25) is 0 Å². The summed E-state index contributed by atoms with van der Waals surface area (Å²) in [5, 5.41) is 3.34. The van der Waals surface area contributed by atoms with Crippen LogP contribution in [0.15, 0.2) is 36.7 Å². The van der Waals surface area contributed by atoms with Crippen molar-refractivity contribution in [2.45, 2.75) is 6.92 Å². The van der Waals surface area contributed by atoms with Gasteiger partial charge in [-0.05, 0) is 30.7 Å². The number of anilines is 2. The molecule has 2 heterocycles. The molecule has 0 aliphatic rings. The molecule has 0 unspecified atom stereocenters. The zero-order valence-electron chi connectivity index (χ0n) is 11.3. The first-order valence-corrected chi connectivity index (χ1v) is 7.08. The van der Waals surface area contributed by atoms with Crippen LogP contribution in [0, 0.1) is 6.92 Å². The minimum absolute atomic E-state index is 0.277. The topological polar surface area (TPSA) is 92.9 Å². The van der Waals surface area contributed by atoms with Gasteiger partial charge in [-0.1, -0.05) is 17.4 Å². The molecule has 21 heavy (non-hydrogen) atoms. The SMILES string of the molecule is Cc1ccc2nc(NC(=O)c3ccncc3NN)sc2c1. The lowest BCUT2D eigenvalue weighted by Gasteiger charge is -2.06. The van der Waals surface area contributed by atoms with Crippen molar-refractivity contribution in [1.82, 2.24) is 9.97 Å². The molecule has 6 nitrogen and oxygen atoms in total. The third-order valence-electron chi connectivity index (χ3n) is 2.99. The fraction of sp³-hybridized carbons (Fsp3) is 0.0714. The summed E-state index contributed by atoms with van der Waals surface area (Å²) in [7, 11) is 0. The van der Waals surface area contributed by atoms with E-state index in [2.05, 4.69) is 20.7 Å². The zero-order valence-corrected chi connectivity index (χ0v) is 12.1. The molecule has 3 aromatic rings. The normalized spacial score (nSPS) is 10.6. The Morgan fingerprint density at radius 1 is 1.33 bits per heavy atom. The van der Waals surface area contributed by atoms with Gasteiger partial charge in [0.15, 0.2) is 5.13 Å². The van der Waals surface area contributed by atoms with E-state index in [-0.39, 0.29) is 5.91 Å². The maximum Gasteiger partial charge on any atom is 0.259 e. The number of pyridine rings is 1. The number of nitrogens with two attached hydrogens (primary N) is 1. The summed E-state index contributed by atoms with van der Waals surface area (Å²) in [5.74, 6) is 5.10. The molecule has 3 rings (SSSR count). The van der Waals surface area contributed by atoms with Gasteiger partial charge in [-0.15, -0.1) is 0 Å². The molecule has 0 radical (unpaired) electrons. The molecule has 1 amide bonds. The quantitative estimate of drug-likeness (QED) is 0.510. The summed E-state index contributed by atoms with van der Waals surface area (Å²) in [4.78, 5) is 20.6. The third kappa shape index (κ3) is 2.69. The average Bonchev–Trinajstić information content (AvgIpc) is 2.88. The highest BCUT2D eigenvalue weighted by Crippen LogP contribution is 2.27. The van der Waals surface area contributed by atoms with Crippen molar-refractivity contribution in [3.8, 4) is 0 Å². The molecule has 0 saturated carbocycles. The molecule has 0 spiro atoms. The van der Waals surface area contributed by atoms with Crippen LogP contribution in [0.4, 0.5) is 10.8 Å². The molecule has 0 saturated heterocycles. The largest absolute Gasteiger partial charge is 0.322 e. The number of aryl methyl sites for hydroxylation is 1. The number of hydrogen-bond donors (Lipinski definition) is 3. The van der Waals surface area contributed by atoms with Crippen LogP contribution < -0.4 is 16.6 Å². The number of amides is 1. The monoisotopic (exact) mass is 299 g/mol. The van der Waals surface area contributed by atoms with Crippen molar-refractivity contribution in [1.29, 1.82) is 0 Å². The maximum absolute atomic E-state index is 12.3. The van der Waals surface area contributed by atoms with Gasteiger partial charge in [-0.2, -0.15) is 0 Å². The number of thiazole rings is 1. The molecule has 0 atom stereocenters. The number of benzene rings is 1. The van der Waals surface area contributed by atoms with Crippen molar-refractivity contribution in [2.24, 2.45) is 5.84 Å². The van der Waals surface area contributed by atoms with E-state index in [1.165, 1.54) is 23.7 Å². The maximum atomic E-state index is 12.3. The van der Waals surface area contributed by atoms with E-state index in [9.17, 15) is 4.79 Å². The van der Waals surface area contributed by atoms with E-state index in [0.29, 0.717) is 16.4 Å². The Hall–Kier alpha value is -2.51. The van der Waals surface area contributed by atoms with Gasteiger partial charge in [-0.3, -0.25) is 20.9 Å². The van der Waals surface area contributed by atoms with E-state index >= 15 is 0 Å². The first-order chi connectivity index (χ1) is 10.2. The molecular weight excluding hydrogens is 286 g/mol. The third-order valence-corrected chi connectivity index (χ3v) is 3.92. The highest BCUT2D eigenvalue weighted by molar-refractivity contribution is 7.22. The first-order valence-electron chi connectivity index (χ1n) is 6.26. The number of carbonyl (C=O) groups excluding carboxylic acids is 1. The second-order valence-electron chi connectivity index (χ2n) is 4.51. The lowest BCUT2D eigenvalue weighted by atomic mass is 10.2. The van der Waals surface area contributed by atoms with Crippen molar-refractivity contribution >= 4 is 38.3 Å². The van der Waals surface area contributed by atoms with Crippen LogP contribution in [-0.4, -0.2) is 15.9 Å². The predicted molar refractivity (Wildman–Crippen MR) is 84.4 cm³/mol. The molecule has 7 heteroatoms. The van der Waals surface area contributed by atoms with E-state index in [1.807, 2.05) is 25.1 Å². The number of carbonyl (C=O) groups is 1. The first kappa shape index (κ1) is 13.5. The van der Waals surface area contributed by atoms with E-state index in [4.69, 9.17) is 5.84 Å². The highest BCUT2D eigenvalue weighted by Gasteiger charge is 2.13. The number of hydrazine groups is 1. The summed E-state index contributed by atoms with van der Waals surface area (Å²) >= 11 is 1.44. The van der Waals surface area contributed by atoms with Gasteiger partial charge in [0.25, 0.3) is 5.91 Å². The van der Waals surface area contributed by atoms with Gasteiger partial charge in [0, 0.05) is 6.20 Å². The Kier molecular flexibility index (Phi) is 3.51. The molecule has 106 valence electrons. The van der Waals surface area contributed by atoms with Crippen molar-refractivity contribution in [3.63, 3.8) is 0 Å². The van der Waals surface area contributed by atoms with Gasteiger partial charge in [0.05, 0.1) is 27.7 Å². The van der Waals surface area contributed by atoms with Crippen LogP contribution >= 0.6 is 11.3 Å². The summed E-state index contributed by atoms with van der Waals surface area (Å²) < 4.78 is 1.04. The smallest absolute Gasteiger partial charge is 0.259 e. The minimum Gasteiger partial charge on any atom is -0.322 e. The lowest BCUT2D eigenvalue weighted by molar-refractivity contribution is 0.102. The predicted octanol–water partition coefficient (Wildman–Crippen LogP) is 2.54. The molecule has 0 fully saturated rings. The van der Waals surface area contributed by atoms with Gasteiger partial charge < -0.3 is 5.43 Å². The van der Waals surface area contributed by atoms with Crippen LogP contribution in [0.2, 0.25) is 0 Å². The highest BCUT2D eigenvalue weighted by atomic mass is 32.1. The fourth-order valence-electron chi connectivity index (χ4n) is 1.96. The van der Waals surface area contributed by atoms with Crippen molar-refractivity contribution in [2.75, 3.05) is 10.7 Å². The number of aromatic nitrogens is 2. The molecule has 0 bridgehead atoms. The second kappa shape index (κ2) is 5.47. The number of nitrogens with zero attached hydrogens (tertiary/aromatic N) is 2. The molecule has 2 aromatic heterocycles. The molecule has 1 aromatic carbocycles. The standard InChI is InChI=1S/C14H13N5OS/c1-8-2-3-10-12(6-8)21-14(17-10)18-13(20)9-4-5-16-7-11(9)19-15/h2-7,19H,15H2,1H3,(H,17,18,20). The molecular formula is C14H13N5OS. The van der Waals surface area contributed by atoms with Crippen LogP contribution in [0.25, 0.3) is 10.2 Å². The average molecular weight is 299 g/mol. The Morgan fingerprint density at radius 3 is 3.00 bits per heavy atom. The summed E-state index contributed by atoms with van der Waals surface area (Å²) in [6, 6.07) is 7.58. The van der Waals surface area contributed by atoms with Crippen molar-refractivity contribution < 1.29 is 4.79 Å². The number of hydrogen-bond acceptors (Lipinski definition) is 6. The van der Waals surface area contributed by atoms with Gasteiger partial charge >= 0.3 is 0 Å². The fourth-order valence-corrected chi connectivity index (χ4v) is 2.92. The number of fused-ring (bicyclic) bond motifs is 1. The van der Waals surface area contributed by atoms with Crippen LogP contribution in [0.3, 0.4) is 0 Å². The molecule has 0 aliphatic heterocycles. The number of rotatable bonds is 3. The van der Waals surface area contributed by atoms with E-state index < -0.39 is 0 Å². The van der Waals surface area contributed by atoms with Gasteiger partial charge in [0.1, 0.15) is 0 Å².